The molecule has 0 fully saturated rings. The average molecular weight is 338 g/mol. The van der Waals surface area contributed by atoms with Crippen LogP contribution in [0, 0.1) is 6.92 Å². The molecular weight excluding hydrogens is 330 g/mol. The first-order chi connectivity index (χ1) is 9.11. The lowest BCUT2D eigenvalue weighted by molar-refractivity contribution is 0.899. The Hall–Kier alpha value is -1.67. The second-order valence-electron chi connectivity index (χ2n) is 3.82. The Labute approximate surface area is 120 Å². The van der Waals surface area contributed by atoms with Gasteiger partial charge in [-0.05, 0) is 34.6 Å². The van der Waals surface area contributed by atoms with Gasteiger partial charge < -0.3 is 9.38 Å². The number of aromatic nitrogens is 5. The summed E-state index contributed by atoms with van der Waals surface area (Å²) < 4.78 is 2.54. The number of hydrogen-bond acceptors (Lipinski definition) is 5. The largest absolute Gasteiger partial charge is 0.302 e. The monoisotopic (exact) mass is 337 g/mol. The number of nitrogens with zero attached hydrogens (tertiary/aromatic N) is 4. The van der Waals surface area contributed by atoms with Gasteiger partial charge in [0.15, 0.2) is 10.8 Å². The van der Waals surface area contributed by atoms with Crippen molar-refractivity contribution in [2.75, 3.05) is 0 Å². The summed E-state index contributed by atoms with van der Waals surface area (Å²) in [5.41, 5.74) is 1.21. The van der Waals surface area contributed by atoms with E-state index in [4.69, 9.17) is 0 Å². The third kappa shape index (κ3) is 2.54. The van der Waals surface area contributed by atoms with Gasteiger partial charge in [-0.15, -0.1) is 0 Å². The lowest BCUT2D eigenvalue weighted by Gasteiger charge is -2.03. The van der Waals surface area contributed by atoms with Gasteiger partial charge in [0.25, 0.3) is 5.56 Å². The molecule has 19 heavy (non-hydrogen) atoms. The Balaban J connectivity index is 2.09. The van der Waals surface area contributed by atoms with Crippen LogP contribution in [0.3, 0.4) is 0 Å². The first kappa shape index (κ1) is 12.4. The van der Waals surface area contributed by atoms with Crippen molar-refractivity contribution in [3.63, 3.8) is 0 Å². The molecule has 0 aliphatic heterocycles. The van der Waals surface area contributed by atoms with Crippen LogP contribution in [-0.2, 0) is 0 Å². The fourth-order valence-electron chi connectivity index (χ4n) is 1.63. The quantitative estimate of drug-likeness (QED) is 0.724. The van der Waals surface area contributed by atoms with Gasteiger partial charge in [0.05, 0.1) is 0 Å². The van der Waals surface area contributed by atoms with E-state index in [9.17, 15) is 4.79 Å². The zero-order valence-electron chi connectivity index (χ0n) is 9.79. The van der Waals surface area contributed by atoms with Gasteiger partial charge in [0, 0.05) is 30.4 Å². The number of rotatable bonds is 2. The maximum Gasteiger partial charge on any atom is 0.251 e. The molecule has 96 valence electrons. The molecule has 1 N–H and O–H groups in total. The molecule has 6 nitrogen and oxygen atoms in total. The van der Waals surface area contributed by atoms with Crippen LogP contribution in [0.4, 0.5) is 0 Å². The van der Waals surface area contributed by atoms with E-state index in [1.54, 1.807) is 13.1 Å². The normalized spacial score (nSPS) is 11.1. The molecule has 0 amide bonds. The molecule has 8 heteroatoms. The second-order valence-corrected chi connectivity index (χ2v) is 5.61. The van der Waals surface area contributed by atoms with Gasteiger partial charge in [0.1, 0.15) is 9.63 Å². The lowest BCUT2D eigenvalue weighted by atomic mass is 10.5. The molecule has 0 bridgehead atoms. The first-order valence-corrected chi connectivity index (χ1v) is 6.98. The summed E-state index contributed by atoms with van der Waals surface area (Å²) in [6, 6.07) is 1.45. The number of hydrogen-bond donors (Lipinski definition) is 1. The highest BCUT2D eigenvalue weighted by atomic mass is 79.9. The van der Waals surface area contributed by atoms with Crippen molar-refractivity contribution in [2.24, 2.45) is 0 Å². The number of H-pyrrole nitrogens is 1. The molecule has 0 aliphatic carbocycles. The summed E-state index contributed by atoms with van der Waals surface area (Å²) in [7, 11) is 0. The minimum Gasteiger partial charge on any atom is -0.302 e. The molecule has 0 aromatic carbocycles. The molecule has 0 spiro atoms. The zero-order chi connectivity index (χ0) is 13.4. The van der Waals surface area contributed by atoms with Gasteiger partial charge in [-0.3, -0.25) is 4.79 Å². The minimum atomic E-state index is -0.177. The van der Waals surface area contributed by atoms with Crippen molar-refractivity contribution >= 4 is 33.3 Å². The minimum absolute atomic E-state index is 0.177. The predicted molar refractivity (Wildman–Crippen MR) is 74.4 cm³/mol. The number of aryl methyl sites for hydroxylation is 1. The van der Waals surface area contributed by atoms with E-state index in [1.807, 2.05) is 16.8 Å². The van der Waals surface area contributed by atoms with E-state index in [-0.39, 0.29) is 5.56 Å². The van der Waals surface area contributed by atoms with Crippen molar-refractivity contribution in [1.29, 1.82) is 0 Å². The van der Waals surface area contributed by atoms with Crippen LogP contribution in [0.25, 0.3) is 5.65 Å². The summed E-state index contributed by atoms with van der Waals surface area (Å²) in [5, 5.41) is 1.17. The van der Waals surface area contributed by atoms with Crippen LogP contribution < -0.4 is 5.56 Å². The van der Waals surface area contributed by atoms with Crippen LogP contribution in [-0.4, -0.2) is 24.3 Å². The number of imidazole rings is 1. The summed E-state index contributed by atoms with van der Waals surface area (Å²) in [5.74, 6) is 0. The fourth-order valence-corrected chi connectivity index (χ4v) is 3.07. The van der Waals surface area contributed by atoms with Gasteiger partial charge in [-0.25, -0.2) is 15.0 Å². The van der Waals surface area contributed by atoms with E-state index >= 15 is 0 Å². The summed E-state index contributed by atoms with van der Waals surface area (Å²) >= 11 is 4.62. The highest BCUT2D eigenvalue weighted by Crippen LogP contribution is 2.27. The summed E-state index contributed by atoms with van der Waals surface area (Å²) in [6.07, 6.45) is 5.34. The van der Waals surface area contributed by atoms with Crippen molar-refractivity contribution in [3.8, 4) is 0 Å². The highest BCUT2D eigenvalue weighted by Gasteiger charge is 2.10. The van der Waals surface area contributed by atoms with Crippen LogP contribution in [0.2, 0.25) is 0 Å². The zero-order valence-corrected chi connectivity index (χ0v) is 12.2. The SMILES string of the molecule is Cc1cc(=O)[nH]c(Sc2nc(Br)cn3ccnc23)n1. The Morgan fingerprint density at radius 1 is 1.42 bits per heavy atom. The van der Waals surface area contributed by atoms with E-state index in [0.29, 0.717) is 20.5 Å². The van der Waals surface area contributed by atoms with Crippen LogP contribution in [0.5, 0.6) is 0 Å². The Morgan fingerprint density at radius 2 is 2.26 bits per heavy atom. The predicted octanol–water partition coefficient (Wildman–Crippen LogP) is 2.03. The molecule has 0 saturated heterocycles. The molecule has 3 aromatic rings. The van der Waals surface area contributed by atoms with Crippen molar-refractivity contribution in [2.45, 2.75) is 17.1 Å². The number of aromatic amines is 1. The Morgan fingerprint density at radius 3 is 3.05 bits per heavy atom. The second kappa shape index (κ2) is 4.78. The van der Waals surface area contributed by atoms with Crippen LogP contribution >= 0.6 is 27.7 Å². The van der Waals surface area contributed by atoms with Gasteiger partial charge >= 0.3 is 0 Å². The molecule has 3 rings (SSSR count). The van der Waals surface area contributed by atoms with Crippen LogP contribution in [0.15, 0.2) is 44.2 Å². The smallest absolute Gasteiger partial charge is 0.251 e. The number of halogens is 1. The summed E-state index contributed by atoms with van der Waals surface area (Å²) in [4.78, 5) is 27.0. The standard InChI is InChI=1S/C11H8BrN5OS/c1-6-4-8(18)16-11(14-6)19-10-9-13-2-3-17(9)5-7(12)15-10/h2-5H,1H3,(H,14,16,18). The maximum atomic E-state index is 11.4. The Kier molecular flexibility index (Phi) is 3.11. The third-order valence-electron chi connectivity index (χ3n) is 2.36. The molecule has 0 aliphatic rings. The van der Waals surface area contributed by atoms with Crippen molar-refractivity contribution in [1.82, 2.24) is 24.3 Å². The first-order valence-electron chi connectivity index (χ1n) is 5.37. The summed E-state index contributed by atoms with van der Waals surface area (Å²) in [6.45, 7) is 1.78. The fraction of sp³-hybridized carbons (Fsp3) is 0.0909. The average Bonchev–Trinajstić information content (AvgIpc) is 2.75. The topological polar surface area (TPSA) is 75.9 Å². The van der Waals surface area contributed by atoms with Crippen LogP contribution in [0.1, 0.15) is 5.69 Å². The van der Waals surface area contributed by atoms with E-state index in [1.165, 1.54) is 17.8 Å². The van der Waals surface area contributed by atoms with Gasteiger partial charge in [0.2, 0.25) is 0 Å². The lowest BCUT2D eigenvalue weighted by Crippen LogP contribution is -2.08. The third-order valence-corrected chi connectivity index (χ3v) is 3.59. The Bertz CT molecular complexity index is 812. The van der Waals surface area contributed by atoms with Crippen molar-refractivity contribution in [3.05, 3.63) is 45.3 Å². The molecule has 3 aromatic heterocycles. The van der Waals surface area contributed by atoms with E-state index in [2.05, 4.69) is 35.9 Å². The molecule has 0 atom stereocenters. The molecule has 0 unspecified atom stereocenters. The number of fused-ring (bicyclic) bond motifs is 1. The van der Waals surface area contributed by atoms with Gasteiger partial charge in [-0.1, -0.05) is 0 Å². The maximum absolute atomic E-state index is 11.4. The highest BCUT2D eigenvalue weighted by molar-refractivity contribution is 9.10. The molecular formula is C11H8BrN5OS. The van der Waals surface area contributed by atoms with E-state index in [0.717, 1.165) is 5.65 Å². The number of nitrogens with one attached hydrogen (secondary N) is 1. The molecule has 3 heterocycles. The van der Waals surface area contributed by atoms with Crippen molar-refractivity contribution < 1.29 is 0 Å². The molecule has 0 radical (unpaired) electrons. The van der Waals surface area contributed by atoms with E-state index < -0.39 is 0 Å². The molecule has 0 saturated carbocycles. The van der Waals surface area contributed by atoms with Gasteiger partial charge in [-0.2, -0.15) is 0 Å².